The Bertz CT molecular complexity index is 564. The van der Waals surface area contributed by atoms with E-state index in [1.807, 2.05) is 19.9 Å². The van der Waals surface area contributed by atoms with Crippen LogP contribution in [0.4, 0.5) is 4.39 Å². The number of ether oxygens (including phenoxy) is 1. The van der Waals surface area contributed by atoms with Gasteiger partial charge in [-0.25, -0.2) is 4.39 Å². The molecule has 2 rings (SSSR count). The lowest BCUT2D eigenvalue weighted by Gasteiger charge is -2.13. The molecule has 0 aliphatic carbocycles. The molecule has 100 valence electrons. The molecule has 0 atom stereocenters. The molecule has 1 nitrogen and oxygen atoms in total. The summed E-state index contributed by atoms with van der Waals surface area (Å²) in [5.41, 5.74) is 4.24. The molecule has 0 unspecified atom stereocenters. The SMILES string of the molecule is Cc1cc(C)c(OCc2cc(F)cc(Br)c2)c(C)c1. The highest BCUT2D eigenvalue weighted by Crippen LogP contribution is 2.26. The molecule has 3 heteroatoms. The monoisotopic (exact) mass is 322 g/mol. The van der Waals surface area contributed by atoms with Crippen molar-refractivity contribution in [2.75, 3.05) is 0 Å². The van der Waals surface area contributed by atoms with E-state index in [0.29, 0.717) is 6.61 Å². The molecule has 19 heavy (non-hydrogen) atoms. The first kappa shape index (κ1) is 14.1. The Morgan fingerprint density at radius 2 is 1.63 bits per heavy atom. The van der Waals surface area contributed by atoms with E-state index < -0.39 is 0 Å². The van der Waals surface area contributed by atoms with Crippen molar-refractivity contribution in [2.45, 2.75) is 27.4 Å². The van der Waals surface area contributed by atoms with Crippen LogP contribution in [0.1, 0.15) is 22.3 Å². The Kier molecular flexibility index (Phi) is 4.25. The second kappa shape index (κ2) is 5.74. The fraction of sp³-hybridized carbons (Fsp3) is 0.250. The third-order valence-electron chi connectivity index (χ3n) is 2.91. The lowest BCUT2D eigenvalue weighted by molar-refractivity contribution is 0.301. The molecule has 0 aliphatic rings. The summed E-state index contributed by atoms with van der Waals surface area (Å²) in [5, 5.41) is 0. The smallest absolute Gasteiger partial charge is 0.125 e. The van der Waals surface area contributed by atoms with Gasteiger partial charge in [0, 0.05) is 4.47 Å². The van der Waals surface area contributed by atoms with Gasteiger partial charge in [0.15, 0.2) is 0 Å². The van der Waals surface area contributed by atoms with Gasteiger partial charge in [0.05, 0.1) is 0 Å². The first-order valence-corrected chi connectivity index (χ1v) is 6.90. The molecule has 0 spiro atoms. The predicted molar refractivity (Wildman–Crippen MR) is 79.1 cm³/mol. The normalized spacial score (nSPS) is 10.6. The van der Waals surface area contributed by atoms with Crippen LogP contribution >= 0.6 is 15.9 Å². The van der Waals surface area contributed by atoms with Crippen LogP contribution in [0.3, 0.4) is 0 Å². The summed E-state index contributed by atoms with van der Waals surface area (Å²) in [5.74, 6) is 0.622. The molecule has 0 aromatic heterocycles. The quantitative estimate of drug-likeness (QED) is 0.764. The number of hydrogen-bond donors (Lipinski definition) is 0. The zero-order valence-corrected chi connectivity index (χ0v) is 12.8. The highest BCUT2D eigenvalue weighted by atomic mass is 79.9. The van der Waals surface area contributed by atoms with Crippen molar-refractivity contribution in [3.05, 3.63) is 62.9 Å². The number of rotatable bonds is 3. The molecule has 0 fully saturated rings. The standard InChI is InChI=1S/C16H16BrFO/c1-10-4-11(2)16(12(3)5-10)19-9-13-6-14(17)8-15(18)7-13/h4-8H,9H2,1-3H3. The van der Waals surface area contributed by atoms with Crippen LogP contribution in [-0.4, -0.2) is 0 Å². The van der Waals surface area contributed by atoms with Crippen LogP contribution in [0, 0.1) is 26.6 Å². The summed E-state index contributed by atoms with van der Waals surface area (Å²) in [6.45, 7) is 6.47. The summed E-state index contributed by atoms with van der Waals surface area (Å²) in [6, 6.07) is 8.96. The lowest BCUT2D eigenvalue weighted by Crippen LogP contribution is -2.00. The topological polar surface area (TPSA) is 9.23 Å². The zero-order valence-electron chi connectivity index (χ0n) is 11.3. The summed E-state index contributed by atoms with van der Waals surface area (Å²) < 4.78 is 19.8. The van der Waals surface area contributed by atoms with Gasteiger partial charge in [-0.05, 0) is 55.7 Å². The second-order valence-corrected chi connectivity index (χ2v) is 5.71. The Morgan fingerprint density at radius 3 is 2.21 bits per heavy atom. The molecule has 2 aromatic rings. The van der Waals surface area contributed by atoms with E-state index in [1.165, 1.54) is 17.7 Å². The van der Waals surface area contributed by atoms with Crippen molar-refractivity contribution in [3.63, 3.8) is 0 Å². The molecule has 0 saturated heterocycles. The zero-order chi connectivity index (χ0) is 14.0. The summed E-state index contributed by atoms with van der Waals surface area (Å²) in [7, 11) is 0. The maximum absolute atomic E-state index is 13.3. The minimum Gasteiger partial charge on any atom is -0.488 e. The van der Waals surface area contributed by atoms with Crippen molar-refractivity contribution < 1.29 is 9.13 Å². The minimum atomic E-state index is -0.259. The third-order valence-corrected chi connectivity index (χ3v) is 3.37. The highest BCUT2D eigenvalue weighted by molar-refractivity contribution is 9.10. The molecule has 0 N–H and O–H groups in total. The van der Waals surface area contributed by atoms with E-state index >= 15 is 0 Å². The van der Waals surface area contributed by atoms with E-state index in [9.17, 15) is 4.39 Å². The van der Waals surface area contributed by atoms with Crippen LogP contribution in [0.2, 0.25) is 0 Å². The van der Waals surface area contributed by atoms with Gasteiger partial charge in [0.2, 0.25) is 0 Å². The van der Waals surface area contributed by atoms with Gasteiger partial charge in [0.1, 0.15) is 18.2 Å². The number of halogens is 2. The van der Waals surface area contributed by atoms with Gasteiger partial charge in [-0.1, -0.05) is 33.6 Å². The Labute approximate surface area is 121 Å². The first-order valence-electron chi connectivity index (χ1n) is 6.11. The van der Waals surface area contributed by atoms with E-state index in [0.717, 1.165) is 26.9 Å². The summed E-state index contributed by atoms with van der Waals surface area (Å²) in [6.07, 6.45) is 0. The molecule has 0 radical (unpaired) electrons. The molecule has 0 saturated carbocycles. The van der Waals surface area contributed by atoms with Crippen LogP contribution in [0.5, 0.6) is 5.75 Å². The Morgan fingerprint density at radius 1 is 1.00 bits per heavy atom. The maximum atomic E-state index is 13.3. The van der Waals surface area contributed by atoms with Crippen LogP contribution in [0.15, 0.2) is 34.8 Å². The van der Waals surface area contributed by atoms with Crippen molar-refractivity contribution in [1.82, 2.24) is 0 Å². The molecule has 2 aromatic carbocycles. The van der Waals surface area contributed by atoms with E-state index in [1.54, 1.807) is 0 Å². The van der Waals surface area contributed by atoms with Gasteiger partial charge < -0.3 is 4.74 Å². The van der Waals surface area contributed by atoms with Crippen molar-refractivity contribution >= 4 is 15.9 Å². The van der Waals surface area contributed by atoms with Crippen molar-refractivity contribution in [3.8, 4) is 5.75 Å². The van der Waals surface area contributed by atoms with Crippen LogP contribution < -0.4 is 4.74 Å². The van der Waals surface area contributed by atoms with Crippen LogP contribution in [-0.2, 0) is 6.61 Å². The molecular formula is C16H16BrFO. The maximum Gasteiger partial charge on any atom is 0.125 e. The average molecular weight is 323 g/mol. The number of aryl methyl sites for hydroxylation is 3. The molecule has 0 bridgehead atoms. The minimum absolute atomic E-state index is 0.259. The largest absolute Gasteiger partial charge is 0.488 e. The fourth-order valence-electron chi connectivity index (χ4n) is 2.24. The molecule has 0 amide bonds. The highest BCUT2D eigenvalue weighted by Gasteiger charge is 2.06. The molecule has 0 heterocycles. The van der Waals surface area contributed by atoms with E-state index in [4.69, 9.17) is 4.74 Å². The number of benzene rings is 2. The van der Waals surface area contributed by atoms with Gasteiger partial charge in [0.25, 0.3) is 0 Å². The summed E-state index contributed by atoms with van der Waals surface area (Å²) >= 11 is 3.28. The third kappa shape index (κ3) is 3.57. The lowest BCUT2D eigenvalue weighted by atomic mass is 10.1. The van der Waals surface area contributed by atoms with E-state index in [-0.39, 0.29) is 5.82 Å². The molecule has 0 aliphatic heterocycles. The summed E-state index contributed by atoms with van der Waals surface area (Å²) in [4.78, 5) is 0. The Balaban J connectivity index is 2.19. The first-order chi connectivity index (χ1) is 8.95. The second-order valence-electron chi connectivity index (χ2n) is 4.79. The van der Waals surface area contributed by atoms with Gasteiger partial charge in [-0.2, -0.15) is 0 Å². The van der Waals surface area contributed by atoms with Gasteiger partial charge in [-0.3, -0.25) is 0 Å². The predicted octanol–water partition coefficient (Wildman–Crippen LogP) is 5.09. The average Bonchev–Trinajstić information content (AvgIpc) is 2.25. The van der Waals surface area contributed by atoms with Crippen molar-refractivity contribution in [1.29, 1.82) is 0 Å². The fourth-order valence-corrected chi connectivity index (χ4v) is 2.76. The van der Waals surface area contributed by atoms with Crippen LogP contribution in [0.25, 0.3) is 0 Å². The van der Waals surface area contributed by atoms with E-state index in [2.05, 4.69) is 35.0 Å². The van der Waals surface area contributed by atoms with Gasteiger partial charge >= 0.3 is 0 Å². The molecular weight excluding hydrogens is 307 g/mol. The number of hydrogen-bond acceptors (Lipinski definition) is 1. The van der Waals surface area contributed by atoms with Crippen molar-refractivity contribution in [2.24, 2.45) is 0 Å². The van der Waals surface area contributed by atoms with Gasteiger partial charge in [-0.15, -0.1) is 0 Å². The Hall–Kier alpha value is -1.35.